The first-order valence-electron chi connectivity index (χ1n) is 10.6. The van der Waals surface area contributed by atoms with Crippen LogP contribution in [0.15, 0.2) is 70.6 Å². The van der Waals surface area contributed by atoms with Crippen molar-refractivity contribution in [1.82, 2.24) is 24.5 Å². The number of thioether (sulfide) groups is 1. The van der Waals surface area contributed by atoms with Crippen molar-refractivity contribution in [3.63, 3.8) is 0 Å². The van der Waals surface area contributed by atoms with E-state index in [0.29, 0.717) is 22.9 Å². The number of anilines is 1. The van der Waals surface area contributed by atoms with E-state index in [9.17, 15) is 13.2 Å². The molecule has 1 amide bonds. The first-order chi connectivity index (χ1) is 16.3. The molecule has 11 heteroatoms. The number of amides is 1. The number of nitrogens with one attached hydrogen (secondary N) is 2. The lowest BCUT2D eigenvalue weighted by molar-refractivity contribution is -0.113. The molecule has 0 aliphatic rings. The molecule has 2 aromatic heterocycles. The van der Waals surface area contributed by atoms with E-state index in [2.05, 4.69) is 25.3 Å². The number of carbonyl (C=O) groups is 1. The van der Waals surface area contributed by atoms with Gasteiger partial charge < -0.3 is 5.32 Å². The van der Waals surface area contributed by atoms with Crippen LogP contribution < -0.4 is 10.0 Å². The Kier molecular flexibility index (Phi) is 7.25. The highest BCUT2D eigenvalue weighted by molar-refractivity contribution is 7.99. The predicted octanol–water partition coefficient (Wildman–Crippen LogP) is 2.99. The van der Waals surface area contributed by atoms with Crippen LogP contribution in [0.3, 0.4) is 0 Å². The maximum Gasteiger partial charge on any atom is 0.240 e. The van der Waals surface area contributed by atoms with Crippen LogP contribution >= 0.6 is 11.8 Å². The number of hydrogen-bond acceptors (Lipinski definition) is 7. The average Bonchev–Trinajstić information content (AvgIpc) is 3.20. The molecule has 0 aliphatic carbocycles. The van der Waals surface area contributed by atoms with Crippen LogP contribution in [0.25, 0.3) is 5.65 Å². The van der Waals surface area contributed by atoms with Gasteiger partial charge in [-0.05, 0) is 55.8 Å². The maximum atomic E-state index is 12.5. The molecule has 0 fully saturated rings. The van der Waals surface area contributed by atoms with Crippen molar-refractivity contribution in [2.75, 3.05) is 17.6 Å². The van der Waals surface area contributed by atoms with Gasteiger partial charge in [0.2, 0.25) is 15.9 Å². The van der Waals surface area contributed by atoms with Gasteiger partial charge in [-0.25, -0.2) is 13.1 Å². The number of benzene rings is 2. The van der Waals surface area contributed by atoms with Crippen molar-refractivity contribution >= 4 is 39.0 Å². The number of nitrogens with zero attached hydrogens (tertiary/aromatic N) is 4. The Balaban J connectivity index is 1.36. The fourth-order valence-corrected chi connectivity index (χ4v) is 4.89. The van der Waals surface area contributed by atoms with Crippen molar-refractivity contribution in [1.29, 1.82) is 0 Å². The highest BCUT2D eigenvalue weighted by Gasteiger charge is 2.15. The van der Waals surface area contributed by atoms with E-state index in [0.717, 1.165) is 16.8 Å². The molecule has 34 heavy (non-hydrogen) atoms. The number of fused-ring (bicyclic) bond motifs is 1. The van der Waals surface area contributed by atoms with Crippen molar-refractivity contribution in [3.8, 4) is 0 Å². The lowest BCUT2D eigenvalue weighted by Gasteiger charge is -2.07. The van der Waals surface area contributed by atoms with Crippen molar-refractivity contribution < 1.29 is 13.2 Å². The van der Waals surface area contributed by atoms with E-state index in [-0.39, 0.29) is 23.1 Å². The second-order valence-corrected chi connectivity index (χ2v) is 10.5. The van der Waals surface area contributed by atoms with Gasteiger partial charge in [-0.15, -0.1) is 10.2 Å². The Labute approximate surface area is 202 Å². The molecule has 0 saturated heterocycles. The zero-order valence-electron chi connectivity index (χ0n) is 18.7. The van der Waals surface area contributed by atoms with Gasteiger partial charge in [0.25, 0.3) is 0 Å². The van der Waals surface area contributed by atoms with E-state index in [4.69, 9.17) is 0 Å². The second kappa shape index (κ2) is 10.3. The van der Waals surface area contributed by atoms with Crippen LogP contribution in [0.2, 0.25) is 0 Å². The zero-order valence-corrected chi connectivity index (χ0v) is 20.4. The molecule has 0 bridgehead atoms. The fraction of sp³-hybridized carbons (Fsp3) is 0.217. The lowest BCUT2D eigenvalue weighted by Crippen LogP contribution is -2.26. The molecule has 4 aromatic rings. The summed E-state index contributed by atoms with van der Waals surface area (Å²) in [5.74, 6) is 0.584. The Morgan fingerprint density at radius 2 is 1.79 bits per heavy atom. The summed E-state index contributed by atoms with van der Waals surface area (Å²) in [4.78, 5) is 12.5. The molecule has 2 heterocycles. The third-order valence-corrected chi connectivity index (χ3v) is 7.32. The van der Waals surface area contributed by atoms with Crippen molar-refractivity contribution in [2.45, 2.75) is 30.2 Å². The minimum absolute atomic E-state index is 0.132. The zero-order chi connectivity index (χ0) is 24.1. The molecule has 0 unspecified atom stereocenters. The quantitative estimate of drug-likeness (QED) is 0.342. The molecule has 9 nitrogen and oxygen atoms in total. The summed E-state index contributed by atoms with van der Waals surface area (Å²) in [5, 5.41) is 16.2. The lowest BCUT2D eigenvalue weighted by atomic mass is 10.2. The summed E-state index contributed by atoms with van der Waals surface area (Å²) >= 11 is 1.29. The Morgan fingerprint density at radius 3 is 2.56 bits per heavy atom. The summed E-state index contributed by atoms with van der Waals surface area (Å²) in [5.41, 5.74) is 3.35. The SMILES string of the molecule is Cc1ccc(S(=O)(=O)NCCc2nnc3ccc(SCC(=O)Nc4cccc(C)c4)nn23)cc1. The van der Waals surface area contributed by atoms with E-state index >= 15 is 0 Å². The third-order valence-electron chi connectivity index (χ3n) is 4.93. The summed E-state index contributed by atoms with van der Waals surface area (Å²) in [6, 6.07) is 17.8. The topological polar surface area (TPSA) is 118 Å². The molecule has 0 saturated carbocycles. The standard InChI is InChI=1S/C23H24N6O3S2/c1-16-6-8-19(9-7-16)34(31,32)24-13-12-21-27-26-20-10-11-23(28-29(20)21)33-15-22(30)25-18-5-3-4-17(2)14-18/h3-11,14,24H,12-13,15H2,1-2H3,(H,25,30). The molecule has 0 atom stereocenters. The molecule has 4 rings (SSSR count). The third kappa shape index (κ3) is 5.99. The van der Waals surface area contributed by atoms with Gasteiger partial charge in [0.1, 0.15) is 5.03 Å². The molecular formula is C23H24N6O3S2. The number of rotatable bonds is 9. The van der Waals surface area contributed by atoms with Crippen LogP contribution in [0.1, 0.15) is 17.0 Å². The van der Waals surface area contributed by atoms with Crippen molar-refractivity contribution in [2.24, 2.45) is 0 Å². The molecule has 2 aromatic carbocycles. The minimum atomic E-state index is -3.61. The normalized spacial score (nSPS) is 11.6. The number of sulfonamides is 1. The van der Waals surface area contributed by atoms with Gasteiger partial charge in [-0.2, -0.15) is 9.61 Å². The van der Waals surface area contributed by atoms with Crippen LogP contribution in [-0.2, 0) is 21.2 Å². The van der Waals surface area contributed by atoms with Crippen LogP contribution in [0, 0.1) is 13.8 Å². The van der Waals surface area contributed by atoms with Crippen molar-refractivity contribution in [3.05, 3.63) is 77.6 Å². The Hall–Kier alpha value is -3.28. The number of aryl methyl sites for hydroxylation is 2. The molecule has 2 N–H and O–H groups in total. The van der Waals surface area contributed by atoms with Gasteiger partial charge in [0.05, 0.1) is 10.6 Å². The predicted molar refractivity (Wildman–Crippen MR) is 131 cm³/mol. The van der Waals surface area contributed by atoms with Crippen LogP contribution in [0.5, 0.6) is 0 Å². The van der Waals surface area contributed by atoms with Gasteiger partial charge in [0, 0.05) is 18.7 Å². The van der Waals surface area contributed by atoms with Crippen LogP contribution in [0.4, 0.5) is 5.69 Å². The largest absolute Gasteiger partial charge is 0.325 e. The summed E-state index contributed by atoms with van der Waals surface area (Å²) in [6.07, 6.45) is 0.307. The second-order valence-electron chi connectivity index (χ2n) is 7.72. The number of carbonyl (C=O) groups excluding carboxylic acids is 1. The molecule has 0 spiro atoms. The van der Waals surface area contributed by atoms with E-state index in [1.807, 2.05) is 38.1 Å². The molecule has 0 aliphatic heterocycles. The minimum Gasteiger partial charge on any atom is -0.325 e. The maximum absolute atomic E-state index is 12.5. The van der Waals surface area contributed by atoms with Gasteiger partial charge in [-0.1, -0.05) is 41.6 Å². The summed E-state index contributed by atoms with van der Waals surface area (Å²) < 4.78 is 29.1. The summed E-state index contributed by atoms with van der Waals surface area (Å²) in [7, 11) is -3.61. The van der Waals surface area contributed by atoms with Gasteiger partial charge in [0.15, 0.2) is 11.5 Å². The number of hydrogen-bond donors (Lipinski definition) is 2. The molecule has 0 radical (unpaired) electrons. The van der Waals surface area contributed by atoms with Gasteiger partial charge >= 0.3 is 0 Å². The monoisotopic (exact) mass is 496 g/mol. The fourth-order valence-electron chi connectivity index (χ4n) is 3.21. The van der Waals surface area contributed by atoms with E-state index in [1.165, 1.54) is 11.8 Å². The molecular weight excluding hydrogens is 472 g/mol. The van der Waals surface area contributed by atoms with Crippen LogP contribution in [-0.4, -0.2) is 46.4 Å². The first kappa shape index (κ1) is 23.9. The Morgan fingerprint density at radius 1 is 1.00 bits per heavy atom. The number of aromatic nitrogens is 4. The molecule has 176 valence electrons. The van der Waals surface area contributed by atoms with E-state index in [1.54, 1.807) is 40.9 Å². The highest BCUT2D eigenvalue weighted by atomic mass is 32.2. The van der Waals surface area contributed by atoms with Gasteiger partial charge in [-0.3, -0.25) is 4.79 Å². The average molecular weight is 497 g/mol. The Bertz CT molecular complexity index is 1420. The highest BCUT2D eigenvalue weighted by Crippen LogP contribution is 2.17. The first-order valence-corrected chi connectivity index (χ1v) is 13.0. The van der Waals surface area contributed by atoms with E-state index < -0.39 is 10.0 Å². The summed E-state index contributed by atoms with van der Waals surface area (Å²) in [6.45, 7) is 4.01. The smallest absolute Gasteiger partial charge is 0.240 e.